The Hall–Kier alpha value is -3.21. The molecule has 0 saturated heterocycles. The van der Waals surface area contributed by atoms with Gasteiger partial charge in [0.1, 0.15) is 11.5 Å². The van der Waals surface area contributed by atoms with E-state index in [0.29, 0.717) is 22.1 Å². The minimum absolute atomic E-state index is 0.194. The maximum atomic E-state index is 13.5. The number of nitrogens with zero attached hydrogens (tertiary/aromatic N) is 2. The van der Waals surface area contributed by atoms with Crippen LogP contribution >= 0.6 is 27.5 Å². The number of benzene rings is 4. The molecule has 4 aromatic rings. The Morgan fingerprint density at radius 1 is 0.871 bits per heavy atom. The summed E-state index contributed by atoms with van der Waals surface area (Å²) in [6.45, 7) is 0. The van der Waals surface area contributed by atoms with Crippen molar-refractivity contribution in [1.82, 2.24) is 0 Å². The maximum absolute atomic E-state index is 13.5. The second-order valence-electron chi connectivity index (χ2n) is 7.13. The van der Waals surface area contributed by atoms with E-state index in [-0.39, 0.29) is 5.91 Å². The third kappa shape index (κ3) is 3.69. The lowest BCUT2D eigenvalue weighted by molar-refractivity contribution is -0.113. The molecule has 0 spiro atoms. The summed E-state index contributed by atoms with van der Waals surface area (Å²) in [7, 11) is 0. The standard InChI is InChI=1S/C26H16BrClN2O/c27-19-10-6-11-20(16-19)30-25(22-13-3-4-14-23(22)28)29-24(26(30)31)15-18-9-5-8-17-7-1-2-12-21(17)18/h1-16H/b24-15+. The Balaban J connectivity index is 1.69. The summed E-state index contributed by atoms with van der Waals surface area (Å²) in [6.07, 6.45) is 1.85. The van der Waals surface area contributed by atoms with Crippen LogP contribution in [0.15, 0.2) is 106 Å². The van der Waals surface area contributed by atoms with Gasteiger partial charge in [0.15, 0.2) is 0 Å². The zero-order valence-corrected chi connectivity index (χ0v) is 18.6. The summed E-state index contributed by atoms with van der Waals surface area (Å²) >= 11 is 9.97. The van der Waals surface area contributed by atoms with E-state index in [4.69, 9.17) is 16.6 Å². The van der Waals surface area contributed by atoms with Gasteiger partial charge in [-0.15, -0.1) is 0 Å². The van der Waals surface area contributed by atoms with Gasteiger partial charge in [-0.2, -0.15) is 0 Å². The molecule has 1 amide bonds. The van der Waals surface area contributed by atoms with Crippen LogP contribution in [0.4, 0.5) is 5.69 Å². The summed E-state index contributed by atoms with van der Waals surface area (Å²) in [6, 6.07) is 29.2. The highest BCUT2D eigenvalue weighted by atomic mass is 79.9. The Morgan fingerprint density at radius 2 is 1.61 bits per heavy atom. The van der Waals surface area contributed by atoms with Crippen LogP contribution in [-0.4, -0.2) is 11.7 Å². The molecule has 0 unspecified atom stereocenters. The highest BCUT2D eigenvalue weighted by Gasteiger charge is 2.33. The molecule has 150 valence electrons. The van der Waals surface area contributed by atoms with Gasteiger partial charge in [-0.25, -0.2) is 4.99 Å². The van der Waals surface area contributed by atoms with E-state index in [1.807, 2.05) is 78.9 Å². The van der Waals surface area contributed by atoms with Crippen molar-refractivity contribution in [3.8, 4) is 0 Å². The van der Waals surface area contributed by atoms with Gasteiger partial charge in [0.2, 0.25) is 0 Å². The minimum atomic E-state index is -0.194. The molecule has 1 aliphatic rings. The number of rotatable bonds is 3. The van der Waals surface area contributed by atoms with Crippen molar-refractivity contribution in [3.63, 3.8) is 0 Å². The average molecular weight is 488 g/mol. The number of halogens is 2. The van der Waals surface area contributed by atoms with Crippen LogP contribution in [0, 0.1) is 0 Å². The molecule has 3 nitrogen and oxygen atoms in total. The van der Waals surface area contributed by atoms with E-state index in [1.165, 1.54) is 0 Å². The molecule has 5 rings (SSSR count). The van der Waals surface area contributed by atoms with Crippen LogP contribution in [0.5, 0.6) is 0 Å². The zero-order valence-electron chi connectivity index (χ0n) is 16.3. The third-order valence-corrected chi connectivity index (χ3v) is 5.98. The van der Waals surface area contributed by atoms with Crippen LogP contribution in [0.25, 0.3) is 16.8 Å². The number of anilines is 1. The van der Waals surface area contributed by atoms with Gasteiger partial charge < -0.3 is 0 Å². The van der Waals surface area contributed by atoms with E-state index >= 15 is 0 Å². The molecular formula is C26H16BrClN2O. The summed E-state index contributed by atoms with van der Waals surface area (Å²) in [5, 5.41) is 2.72. The molecule has 0 saturated carbocycles. The first-order valence-electron chi connectivity index (χ1n) is 9.75. The van der Waals surface area contributed by atoms with Gasteiger partial charge in [0, 0.05) is 10.0 Å². The molecule has 0 bridgehead atoms. The van der Waals surface area contributed by atoms with E-state index in [1.54, 1.807) is 11.0 Å². The predicted octanol–water partition coefficient (Wildman–Crippen LogP) is 7.09. The van der Waals surface area contributed by atoms with Crippen molar-refractivity contribution >= 4 is 61.8 Å². The molecule has 0 radical (unpaired) electrons. The Kier molecular flexibility index (Phi) is 5.18. The number of carbonyl (C=O) groups is 1. The summed E-state index contributed by atoms with van der Waals surface area (Å²) < 4.78 is 0.878. The first-order chi connectivity index (χ1) is 15.1. The lowest BCUT2D eigenvalue weighted by Crippen LogP contribution is -2.32. The Morgan fingerprint density at radius 3 is 2.45 bits per heavy atom. The smallest absolute Gasteiger partial charge is 0.266 e. The number of aliphatic imine (C=N–C) groups is 1. The topological polar surface area (TPSA) is 32.7 Å². The highest BCUT2D eigenvalue weighted by Crippen LogP contribution is 2.32. The SMILES string of the molecule is O=C1/C(=C\c2cccc3ccccc23)N=C(c2ccccc2Cl)N1c1cccc(Br)c1. The molecule has 0 N–H and O–H groups in total. The first kappa shape index (κ1) is 19.7. The van der Waals surface area contributed by atoms with Crippen molar-refractivity contribution in [2.24, 2.45) is 4.99 Å². The van der Waals surface area contributed by atoms with E-state index < -0.39 is 0 Å². The number of carbonyl (C=O) groups excluding carboxylic acids is 1. The van der Waals surface area contributed by atoms with Gasteiger partial charge in [-0.05, 0) is 52.7 Å². The van der Waals surface area contributed by atoms with Crippen molar-refractivity contribution < 1.29 is 4.79 Å². The molecule has 0 atom stereocenters. The van der Waals surface area contributed by atoms with Gasteiger partial charge in [0.25, 0.3) is 5.91 Å². The number of amides is 1. The van der Waals surface area contributed by atoms with Gasteiger partial charge in [0.05, 0.1) is 10.7 Å². The monoisotopic (exact) mass is 486 g/mol. The normalized spacial score (nSPS) is 15.0. The number of fused-ring (bicyclic) bond motifs is 1. The summed E-state index contributed by atoms with van der Waals surface area (Å²) in [5.74, 6) is 0.321. The van der Waals surface area contributed by atoms with E-state index in [9.17, 15) is 4.79 Å². The molecule has 31 heavy (non-hydrogen) atoms. The molecule has 0 aromatic heterocycles. The van der Waals surface area contributed by atoms with Crippen molar-refractivity contribution in [1.29, 1.82) is 0 Å². The second kappa shape index (κ2) is 8.14. The van der Waals surface area contributed by atoms with Crippen LogP contribution in [0.3, 0.4) is 0 Å². The summed E-state index contributed by atoms with van der Waals surface area (Å²) in [5.41, 5.74) is 2.74. The first-order valence-corrected chi connectivity index (χ1v) is 10.9. The molecule has 5 heteroatoms. The quantitative estimate of drug-likeness (QED) is 0.284. The van der Waals surface area contributed by atoms with Crippen LogP contribution in [0.2, 0.25) is 5.02 Å². The lowest BCUT2D eigenvalue weighted by atomic mass is 10.0. The maximum Gasteiger partial charge on any atom is 0.282 e. The van der Waals surface area contributed by atoms with E-state index in [2.05, 4.69) is 28.1 Å². The molecule has 1 heterocycles. The van der Waals surface area contributed by atoms with Gasteiger partial charge >= 0.3 is 0 Å². The van der Waals surface area contributed by atoms with Gasteiger partial charge in [-0.1, -0.05) is 88.2 Å². The van der Waals surface area contributed by atoms with Crippen LogP contribution < -0.4 is 4.90 Å². The third-order valence-electron chi connectivity index (χ3n) is 5.16. The second-order valence-corrected chi connectivity index (χ2v) is 8.46. The van der Waals surface area contributed by atoms with Crippen LogP contribution in [0.1, 0.15) is 11.1 Å². The Bertz CT molecular complexity index is 1390. The molecule has 0 fully saturated rings. The largest absolute Gasteiger partial charge is 0.282 e. The molecule has 4 aromatic carbocycles. The van der Waals surface area contributed by atoms with Crippen LogP contribution in [-0.2, 0) is 4.79 Å². The molecule has 1 aliphatic heterocycles. The number of amidine groups is 1. The van der Waals surface area contributed by atoms with Crippen molar-refractivity contribution in [3.05, 3.63) is 117 Å². The summed E-state index contributed by atoms with van der Waals surface area (Å²) in [4.78, 5) is 19.9. The molecular weight excluding hydrogens is 472 g/mol. The number of hydrogen-bond donors (Lipinski definition) is 0. The zero-order chi connectivity index (χ0) is 21.4. The Labute approximate surface area is 193 Å². The predicted molar refractivity (Wildman–Crippen MR) is 132 cm³/mol. The minimum Gasteiger partial charge on any atom is -0.266 e. The number of hydrogen-bond acceptors (Lipinski definition) is 2. The van der Waals surface area contributed by atoms with Gasteiger partial charge in [-0.3, -0.25) is 9.69 Å². The fourth-order valence-corrected chi connectivity index (χ4v) is 4.33. The fraction of sp³-hybridized carbons (Fsp3) is 0. The average Bonchev–Trinajstić information content (AvgIpc) is 3.10. The highest BCUT2D eigenvalue weighted by molar-refractivity contribution is 9.10. The van der Waals surface area contributed by atoms with Crippen molar-refractivity contribution in [2.45, 2.75) is 0 Å². The van der Waals surface area contributed by atoms with E-state index in [0.717, 1.165) is 26.5 Å². The fourth-order valence-electron chi connectivity index (χ4n) is 3.72. The lowest BCUT2D eigenvalue weighted by Gasteiger charge is -2.19. The molecule has 0 aliphatic carbocycles. The van der Waals surface area contributed by atoms with Crippen molar-refractivity contribution in [2.75, 3.05) is 4.90 Å².